The van der Waals surface area contributed by atoms with Crippen molar-refractivity contribution in [3.63, 3.8) is 0 Å². The fraction of sp³-hybridized carbons (Fsp3) is 0.455. The molecule has 0 fully saturated rings. The summed E-state index contributed by atoms with van der Waals surface area (Å²) in [5.74, 6) is -1.97. The molecular formula is C11H12N4O2S. The van der Waals surface area contributed by atoms with Crippen LogP contribution in [0.2, 0.25) is 0 Å². The van der Waals surface area contributed by atoms with E-state index in [-0.39, 0.29) is 5.75 Å². The molecule has 0 bridgehead atoms. The van der Waals surface area contributed by atoms with E-state index in [0.29, 0.717) is 10.6 Å². The number of nitriles is 2. The van der Waals surface area contributed by atoms with Crippen molar-refractivity contribution in [1.29, 1.82) is 10.5 Å². The van der Waals surface area contributed by atoms with Gasteiger partial charge in [-0.2, -0.15) is 10.5 Å². The zero-order chi connectivity index (χ0) is 13.9. The van der Waals surface area contributed by atoms with Gasteiger partial charge in [-0.3, -0.25) is 9.59 Å². The van der Waals surface area contributed by atoms with Crippen LogP contribution in [-0.4, -0.2) is 17.6 Å². The molecule has 0 unspecified atom stereocenters. The van der Waals surface area contributed by atoms with E-state index in [4.69, 9.17) is 16.3 Å². The predicted molar refractivity (Wildman–Crippen MR) is 65.3 cm³/mol. The molecule has 0 saturated heterocycles. The Morgan fingerprint density at radius 3 is 2.61 bits per heavy atom. The van der Waals surface area contributed by atoms with Crippen LogP contribution in [-0.2, 0) is 9.59 Å². The first kappa shape index (κ1) is 14.1. The molecule has 1 atom stereocenters. The van der Waals surface area contributed by atoms with E-state index in [1.54, 1.807) is 13.8 Å². The summed E-state index contributed by atoms with van der Waals surface area (Å²) in [5, 5.41) is 20.9. The number of nitrogens with two attached hydrogens (primary N) is 1. The van der Waals surface area contributed by atoms with Crippen molar-refractivity contribution in [1.82, 2.24) is 5.32 Å². The molecule has 0 saturated carbocycles. The first-order chi connectivity index (χ1) is 8.34. The first-order valence-electron chi connectivity index (χ1n) is 5.11. The van der Waals surface area contributed by atoms with Crippen LogP contribution < -0.4 is 11.1 Å². The van der Waals surface area contributed by atoms with E-state index in [1.807, 2.05) is 12.1 Å². The third-order valence-electron chi connectivity index (χ3n) is 2.69. The molecule has 0 aromatic rings. The van der Waals surface area contributed by atoms with E-state index in [9.17, 15) is 9.59 Å². The summed E-state index contributed by atoms with van der Waals surface area (Å²) >= 11 is 0.998. The van der Waals surface area contributed by atoms with Crippen LogP contribution in [0.25, 0.3) is 0 Å². The molecule has 1 aliphatic rings. The Hall–Kier alpha value is -1.99. The van der Waals surface area contributed by atoms with Crippen molar-refractivity contribution in [2.45, 2.75) is 13.8 Å². The van der Waals surface area contributed by atoms with Crippen LogP contribution in [0.1, 0.15) is 13.8 Å². The Bertz CT molecular complexity index is 510. The summed E-state index contributed by atoms with van der Waals surface area (Å²) < 4.78 is 0. The normalized spacial score (nSPS) is 21.8. The lowest BCUT2D eigenvalue weighted by molar-refractivity contribution is -0.125. The number of rotatable bonds is 3. The van der Waals surface area contributed by atoms with Crippen LogP contribution >= 0.6 is 11.8 Å². The molecule has 2 amide bonds. The van der Waals surface area contributed by atoms with Gasteiger partial charge in [0.15, 0.2) is 0 Å². The Balaban J connectivity index is 3.18. The van der Waals surface area contributed by atoms with Crippen molar-refractivity contribution in [3.8, 4) is 12.1 Å². The Kier molecular flexibility index (Phi) is 4.00. The van der Waals surface area contributed by atoms with Gasteiger partial charge in [-0.1, -0.05) is 25.6 Å². The number of allylic oxidation sites excluding steroid dienone is 1. The molecule has 0 aliphatic carbocycles. The Labute approximate surface area is 109 Å². The van der Waals surface area contributed by atoms with Gasteiger partial charge < -0.3 is 11.1 Å². The van der Waals surface area contributed by atoms with Crippen LogP contribution in [0.15, 0.2) is 10.6 Å². The van der Waals surface area contributed by atoms with Crippen molar-refractivity contribution in [3.05, 3.63) is 10.6 Å². The number of primary amides is 1. The highest BCUT2D eigenvalue weighted by molar-refractivity contribution is 8.03. The smallest absolute Gasteiger partial charge is 0.243 e. The molecule has 6 nitrogen and oxygen atoms in total. The molecule has 7 heteroatoms. The summed E-state index contributed by atoms with van der Waals surface area (Å²) in [6.07, 6.45) is 0. The summed E-state index contributed by atoms with van der Waals surface area (Å²) in [4.78, 5) is 22.5. The fourth-order valence-electron chi connectivity index (χ4n) is 1.68. The standard InChI is InChI=1S/C11H12N4O2S/c1-11(2)6(3-12)9(17)15-10(7(11)4-13)18-5-8(14)16/h6H,5H2,1-2H3,(H2,14,16)(H,15,17)/t6-/m1/s1. The maximum absolute atomic E-state index is 11.8. The molecule has 94 valence electrons. The minimum atomic E-state index is -0.926. The SMILES string of the molecule is CC1(C)C(C#N)=C(SCC(N)=O)NC(=O)[C@H]1C#N. The Morgan fingerprint density at radius 2 is 2.17 bits per heavy atom. The molecule has 0 radical (unpaired) electrons. The van der Waals surface area contributed by atoms with Crippen LogP contribution in [0.3, 0.4) is 0 Å². The van der Waals surface area contributed by atoms with Gasteiger partial charge in [-0.25, -0.2) is 0 Å². The van der Waals surface area contributed by atoms with Crippen molar-refractivity contribution < 1.29 is 9.59 Å². The lowest BCUT2D eigenvalue weighted by atomic mass is 9.72. The van der Waals surface area contributed by atoms with Gasteiger partial charge >= 0.3 is 0 Å². The fourth-order valence-corrected chi connectivity index (χ4v) is 2.59. The van der Waals surface area contributed by atoms with Crippen molar-refractivity contribution in [2.75, 3.05) is 5.75 Å². The molecular weight excluding hydrogens is 252 g/mol. The van der Waals surface area contributed by atoms with Gasteiger partial charge in [-0.05, 0) is 0 Å². The summed E-state index contributed by atoms with van der Waals surface area (Å²) in [5.41, 5.74) is 4.43. The molecule has 0 aromatic carbocycles. The number of thioether (sulfide) groups is 1. The van der Waals surface area contributed by atoms with E-state index in [0.717, 1.165) is 11.8 Å². The highest BCUT2D eigenvalue weighted by Crippen LogP contribution is 2.41. The average molecular weight is 264 g/mol. The van der Waals surface area contributed by atoms with Gasteiger partial charge in [0, 0.05) is 5.41 Å². The summed E-state index contributed by atoms with van der Waals surface area (Å²) in [6.45, 7) is 3.31. The average Bonchev–Trinajstić information content (AvgIpc) is 2.25. The largest absolute Gasteiger partial charge is 0.369 e. The predicted octanol–water partition coefficient (Wildman–Crippen LogP) is 0.236. The maximum atomic E-state index is 11.8. The highest BCUT2D eigenvalue weighted by atomic mass is 32.2. The lowest BCUT2D eigenvalue weighted by Crippen LogP contribution is -2.44. The molecule has 18 heavy (non-hydrogen) atoms. The van der Waals surface area contributed by atoms with E-state index < -0.39 is 23.1 Å². The zero-order valence-corrected chi connectivity index (χ0v) is 10.8. The van der Waals surface area contributed by atoms with E-state index in [2.05, 4.69) is 5.32 Å². The van der Waals surface area contributed by atoms with Gasteiger partial charge in [0.25, 0.3) is 0 Å². The maximum Gasteiger partial charge on any atom is 0.243 e. The quantitative estimate of drug-likeness (QED) is 0.756. The molecule has 1 heterocycles. The number of hydrogen-bond donors (Lipinski definition) is 2. The second kappa shape index (κ2) is 5.11. The summed E-state index contributed by atoms with van der Waals surface area (Å²) in [7, 11) is 0. The number of hydrogen-bond acceptors (Lipinski definition) is 5. The third kappa shape index (κ3) is 2.47. The minimum absolute atomic E-state index is 0.0336. The van der Waals surface area contributed by atoms with E-state index >= 15 is 0 Å². The molecule has 1 aliphatic heterocycles. The van der Waals surface area contributed by atoms with Gasteiger partial charge in [0.05, 0.1) is 28.5 Å². The third-order valence-corrected chi connectivity index (χ3v) is 3.72. The molecule has 1 rings (SSSR count). The molecule has 0 spiro atoms. The van der Waals surface area contributed by atoms with Crippen molar-refractivity contribution >= 4 is 23.6 Å². The van der Waals surface area contributed by atoms with Crippen molar-refractivity contribution in [2.24, 2.45) is 17.1 Å². The van der Waals surface area contributed by atoms with Gasteiger partial charge in [-0.15, -0.1) is 0 Å². The van der Waals surface area contributed by atoms with Crippen LogP contribution in [0, 0.1) is 34.0 Å². The number of carbonyl (C=O) groups excluding carboxylic acids is 2. The molecule has 3 N–H and O–H groups in total. The summed E-state index contributed by atoms with van der Waals surface area (Å²) in [6, 6.07) is 3.89. The van der Waals surface area contributed by atoms with Gasteiger partial charge in [0.1, 0.15) is 5.92 Å². The monoisotopic (exact) mass is 264 g/mol. The minimum Gasteiger partial charge on any atom is -0.369 e. The number of nitrogens with zero attached hydrogens (tertiary/aromatic N) is 2. The van der Waals surface area contributed by atoms with E-state index in [1.165, 1.54) is 0 Å². The number of nitrogens with one attached hydrogen (secondary N) is 1. The molecule has 0 aromatic heterocycles. The first-order valence-corrected chi connectivity index (χ1v) is 6.09. The lowest BCUT2D eigenvalue weighted by Gasteiger charge is -2.34. The number of amides is 2. The van der Waals surface area contributed by atoms with Gasteiger partial charge in [0.2, 0.25) is 11.8 Å². The van der Waals surface area contributed by atoms with Crippen LogP contribution in [0.4, 0.5) is 0 Å². The van der Waals surface area contributed by atoms with Crippen LogP contribution in [0.5, 0.6) is 0 Å². The number of carbonyl (C=O) groups is 2. The topological polar surface area (TPSA) is 120 Å². The highest BCUT2D eigenvalue weighted by Gasteiger charge is 2.44. The second-order valence-corrected chi connectivity index (χ2v) is 5.33. The second-order valence-electron chi connectivity index (χ2n) is 4.34. The zero-order valence-electron chi connectivity index (χ0n) is 9.98. The Morgan fingerprint density at radius 1 is 1.56 bits per heavy atom.